The molecule has 5 aromatic heterocycles. The number of aromatic nitrogens is 6. The zero-order valence-electron chi connectivity index (χ0n) is 43.0. The molecule has 12 aromatic carbocycles. The van der Waals surface area contributed by atoms with E-state index in [1.165, 1.54) is 41.7 Å². The summed E-state index contributed by atoms with van der Waals surface area (Å²) in [4.78, 5) is 17.2. The summed E-state index contributed by atoms with van der Waals surface area (Å²) in [6, 6.07) is 96.3. The van der Waals surface area contributed by atoms with Crippen molar-refractivity contribution in [1.82, 2.24) is 28.7 Å². The highest BCUT2D eigenvalue weighted by atomic mass is 32.1. The van der Waals surface area contributed by atoms with Crippen LogP contribution >= 0.6 is 11.3 Å². The molecular weight excluding hydrogens is 993 g/mol. The van der Waals surface area contributed by atoms with Crippen LogP contribution in [0.5, 0.6) is 0 Å². The van der Waals surface area contributed by atoms with Gasteiger partial charge in [0.25, 0.3) is 0 Å². The minimum absolute atomic E-state index is 0.580. The van der Waals surface area contributed by atoms with E-state index in [0.717, 1.165) is 99.5 Å². The van der Waals surface area contributed by atoms with Gasteiger partial charge < -0.3 is 13.7 Å². The fourth-order valence-corrected chi connectivity index (χ4v) is 14.0. The number of hydrogen-bond donors (Lipinski definition) is 0. The molecule has 7 heteroatoms. The van der Waals surface area contributed by atoms with Crippen LogP contribution in [-0.4, -0.2) is 28.7 Å². The lowest BCUT2D eigenvalue weighted by Gasteiger charge is -2.17. The van der Waals surface area contributed by atoms with Gasteiger partial charge in [-0.15, -0.1) is 11.3 Å². The number of thiophene rings is 1. The standard InChI is InChI=1S/C73H44N6S/c1-3-22-47(23-4-1)78-64-37-14-9-26-50(64)54-30-17-34-59(68(54)78)72-74-71(75-73(76-72)60-35-18-31-55-51-27-10-15-38-65(51)79(69(55)60)48-24-5-2-6-25-48)58-41-40-49(44-61(58)57-33-19-32-56-53-29-12-16-39-67(53)80-70(56)57)77-63-36-13-11-28-52(63)62-42-45-20-7-8-21-46(45)43-66(62)77/h1-44H. The Labute approximate surface area is 463 Å². The molecule has 5 heterocycles. The summed E-state index contributed by atoms with van der Waals surface area (Å²) in [6.07, 6.45) is 0. The van der Waals surface area contributed by atoms with Crippen molar-refractivity contribution in [2.24, 2.45) is 0 Å². The zero-order valence-corrected chi connectivity index (χ0v) is 43.8. The van der Waals surface area contributed by atoms with Gasteiger partial charge >= 0.3 is 0 Å². The minimum atomic E-state index is 0.580. The van der Waals surface area contributed by atoms with Crippen LogP contribution in [0, 0.1) is 0 Å². The van der Waals surface area contributed by atoms with E-state index in [9.17, 15) is 0 Å². The van der Waals surface area contributed by atoms with Crippen molar-refractivity contribution in [3.8, 4) is 62.4 Å². The minimum Gasteiger partial charge on any atom is -0.309 e. The summed E-state index contributed by atoms with van der Waals surface area (Å²) in [7, 11) is 0. The van der Waals surface area contributed by atoms with Crippen molar-refractivity contribution in [3.05, 3.63) is 267 Å². The third kappa shape index (κ3) is 6.68. The molecule has 0 fully saturated rings. The Morgan fingerprint density at radius 1 is 0.250 bits per heavy atom. The van der Waals surface area contributed by atoms with Gasteiger partial charge in [0.2, 0.25) is 0 Å². The number of fused-ring (bicyclic) bond motifs is 13. The summed E-state index contributed by atoms with van der Waals surface area (Å²) in [6.45, 7) is 0. The number of para-hydroxylation sites is 7. The number of rotatable bonds is 7. The molecule has 0 aliphatic heterocycles. The maximum absolute atomic E-state index is 5.75. The molecule has 372 valence electrons. The lowest BCUT2D eigenvalue weighted by molar-refractivity contribution is 1.07. The molecule has 0 atom stereocenters. The second-order valence-electron chi connectivity index (χ2n) is 20.7. The largest absolute Gasteiger partial charge is 0.309 e. The van der Waals surface area contributed by atoms with E-state index in [-0.39, 0.29) is 0 Å². The molecule has 6 nitrogen and oxygen atoms in total. The van der Waals surface area contributed by atoms with Gasteiger partial charge in [0.15, 0.2) is 17.5 Å². The Morgan fingerprint density at radius 3 is 1.30 bits per heavy atom. The maximum atomic E-state index is 5.75. The predicted octanol–water partition coefficient (Wildman–Crippen LogP) is 19.4. The van der Waals surface area contributed by atoms with Gasteiger partial charge in [-0.2, -0.15) is 0 Å². The third-order valence-electron chi connectivity index (χ3n) is 16.3. The fourth-order valence-electron chi connectivity index (χ4n) is 12.8. The average molecular weight is 1040 g/mol. The molecule has 0 saturated carbocycles. The Morgan fingerprint density at radius 2 is 0.700 bits per heavy atom. The molecular formula is C73H44N6S. The molecule has 0 amide bonds. The highest BCUT2D eigenvalue weighted by Crippen LogP contribution is 2.46. The summed E-state index contributed by atoms with van der Waals surface area (Å²) in [5.74, 6) is 1.75. The van der Waals surface area contributed by atoms with Gasteiger partial charge in [-0.05, 0) is 107 Å². The highest BCUT2D eigenvalue weighted by Gasteiger charge is 2.26. The topological polar surface area (TPSA) is 53.5 Å². The number of hydrogen-bond acceptors (Lipinski definition) is 4. The first-order chi connectivity index (χ1) is 39.7. The van der Waals surface area contributed by atoms with Gasteiger partial charge in [0.1, 0.15) is 0 Å². The van der Waals surface area contributed by atoms with Crippen LogP contribution in [0.25, 0.3) is 159 Å². The average Bonchev–Trinajstić information content (AvgIpc) is 4.47. The SMILES string of the molecule is c1ccc(-n2c3ccccc3c3cccc(-c4nc(-c5ccc(-n6c7ccccc7c7cc8ccccc8cc76)cc5-c5cccc6c5sc5ccccc56)nc(-c5cccc6c7ccccc7n(-c7ccccc7)c56)n4)c32)cc1. The van der Waals surface area contributed by atoms with Crippen LogP contribution in [0.1, 0.15) is 0 Å². The van der Waals surface area contributed by atoms with Gasteiger partial charge in [-0.25, -0.2) is 15.0 Å². The van der Waals surface area contributed by atoms with Crippen LogP contribution in [0.4, 0.5) is 0 Å². The predicted molar refractivity (Wildman–Crippen MR) is 335 cm³/mol. The van der Waals surface area contributed by atoms with Crippen molar-refractivity contribution in [2.45, 2.75) is 0 Å². The second-order valence-corrected chi connectivity index (χ2v) is 21.7. The van der Waals surface area contributed by atoms with E-state index in [2.05, 4.69) is 281 Å². The molecule has 0 bridgehead atoms. The first kappa shape index (κ1) is 44.6. The van der Waals surface area contributed by atoms with Crippen LogP contribution in [0.2, 0.25) is 0 Å². The third-order valence-corrected chi connectivity index (χ3v) is 17.5. The summed E-state index contributed by atoms with van der Waals surface area (Å²) >= 11 is 1.84. The van der Waals surface area contributed by atoms with Crippen LogP contribution in [0.3, 0.4) is 0 Å². The fraction of sp³-hybridized carbons (Fsp3) is 0. The lowest BCUT2D eigenvalue weighted by atomic mass is 9.96. The van der Waals surface area contributed by atoms with Gasteiger partial charge in [0, 0.05) is 91.8 Å². The first-order valence-electron chi connectivity index (χ1n) is 27.1. The monoisotopic (exact) mass is 1040 g/mol. The molecule has 0 unspecified atom stereocenters. The summed E-state index contributed by atoms with van der Waals surface area (Å²) < 4.78 is 9.63. The van der Waals surface area contributed by atoms with Crippen molar-refractivity contribution >= 4 is 108 Å². The Kier molecular flexibility index (Phi) is 9.78. The van der Waals surface area contributed by atoms with Gasteiger partial charge in [-0.3, -0.25) is 0 Å². The van der Waals surface area contributed by atoms with Crippen molar-refractivity contribution in [3.63, 3.8) is 0 Å². The summed E-state index contributed by atoms with van der Waals surface area (Å²) in [5, 5.41) is 11.9. The molecule has 0 aliphatic carbocycles. The van der Waals surface area contributed by atoms with Gasteiger partial charge in [-0.1, -0.05) is 176 Å². The van der Waals surface area contributed by atoms with E-state index in [1.54, 1.807) is 0 Å². The molecule has 0 radical (unpaired) electrons. The second kappa shape index (κ2) is 17.5. The molecule has 0 aliphatic rings. The van der Waals surface area contributed by atoms with E-state index < -0.39 is 0 Å². The maximum Gasteiger partial charge on any atom is 0.166 e. The smallest absolute Gasteiger partial charge is 0.166 e. The zero-order chi connectivity index (χ0) is 52.4. The molecule has 0 spiro atoms. The van der Waals surface area contributed by atoms with Crippen molar-refractivity contribution in [1.29, 1.82) is 0 Å². The molecule has 80 heavy (non-hydrogen) atoms. The molecule has 0 saturated heterocycles. The van der Waals surface area contributed by atoms with E-state index in [4.69, 9.17) is 15.0 Å². The van der Waals surface area contributed by atoms with Crippen LogP contribution in [-0.2, 0) is 0 Å². The quantitative estimate of drug-likeness (QED) is 0.160. The Hall–Kier alpha value is -10.5. The van der Waals surface area contributed by atoms with Crippen molar-refractivity contribution < 1.29 is 0 Å². The van der Waals surface area contributed by atoms with Crippen molar-refractivity contribution in [2.75, 3.05) is 0 Å². The van der Waals surface area contributed by atoms with Gasteiger partial charge in [0.05, 0.1) is 33.1 Å². The lowest BCUT2D eigenvalue weighted by Crippen LogP contribution is -2.04. The first-order valence-corrected chi connectivity index (χ1v) is 27.9. The number of nitrogens with zero attached hydrogens (tertiary/aromatic N) is 6. The summed E-state index contributed by atoms with van der Waals surface area (Å²) in [5.41, 5.74) is 14.6. The molecule has 17 aromatic rings. The van der Waals surface area contributed by atoms with Crippen LogP contribution in [0.15, 0.2) is 267 Å². The number of benzene rings is 12. The normalized spacial score (nSPS) is 12.0. The molecule has 0 N–H and O–H groups in total. The Bertz CT molecular complexity index is 5200. The van der Waals surface area contributed by atoms with E-state index in [0.29, 0.717) is 17.5 Å². The highest BCUT2D eigenvalue weighted by molar-refractivity contribution is 7.26. The van der Waals surface area contributed by atoms with E-state index in [1.807, 2.05) is 11.3 Å². The van der Waals surface area contributed by atoms with Crippen LogP contribution < -0.4 is 0 Å². The van der Waals surface area contributed by atoms with E-state index >= 15 is 0 Å². The Balaban J connectivity index is 0.999. The molecule has 17 rings (SSSR count).